The Hall–Kier alpha value is -2.23. The first kappa shape index (κ1) is 15.7. The van der Waals surface area contributed by atoms with Gasteiger partial charge in [-0.3, -0.25) is 9.78 Å². The molecule has 0 aliphatic carbocycles. The number of rotatable bonds is 4. The number of amides is 1. The van der Waals surface area contributed by atoms with Crippen LogP contribution in [0.25, 0.3) is 0 Å². The number of aryl methyl sites for hydroxylation is 2. The van der Waals surface area contributed by atoms with Gasteiger partial charge in [0.15, 0.2) is 0 Å². The molecule has 1 aromatic heterocycles. The summed E-state index contributed by atoms with van der Waals surface area (Å²) in [6, 6.07) is 8.56. The van der Waals surface area contributed by atoms with Gasteiger partial charge in [-0.05, 0) is 49.7 Å². The van der Waals surface area contributed by atoms with Crippen molar-refractivity contribution in [2.45, 2.75) is 32.6 Å². The van der Waals surface area contributed by atoms with Crippen molar-refractivity contribution in [3.05, 3.63) is 59.7 Å². The number of hydrogen-bond donors (Lipinski definition) is 0. The van der Waals surface area contributed by atoms with E-state index in [-0.39, 0.29) is 5.91 Å². The first-order valence-electron chi connectivity index (χ1n) is 8.34. The van der Waals surface area contributed by atoms with E-state index in [9.17, 15) is 4.79 Å². The van der Waals surface area contributed by atoms with Gasteiger partial charge in [0.1, 0.15) is 5.69 Å². The molecule has 1 saturated heterocycles. The van der Waals surface area contributed by atoms with Gasteiger partial charge in [-0.25, -0.2) is 4.98 Å². The van der Waals surface area contributed by atoms with E-state index in [1.807, 2.05) is 4.90 Å². The number of piperidine rings is 1. The summed E-state index contributed by atoms with van der Waals surface area (Å²) in [4.78, 5) is 22.6. The zero-order chi connectivity index (χ0) is 16.1. The van der Waals surface area contributed by atoms with E-state index in [1.165, 1.54) is 17.5 Å². The number of carbonyl (C=O) groups excluding carboxylic acids is 1. The van der Waals surface area contributed by atoms with E-state index in [0.717, 1.165) is 32.4 Å². The lowest BCUT2D eigenvalue weighted by molar-refractivity contribution is 0.0662. The first-order chi connectivity index (χ1) is 11.2. The number of nitrogens with zero attached hydrogens (tertiary/aromatic N) is 3. The van der Waals surface area contributed by atoms with Crippen LogP contribution < -0.4 is 0 Å². The highest BCUT2D eigenvalue weighted by molar-refractivity contribution is 5.92. The molecular weight excluding hydrogens is 286 g/mol. The SMILES string of the molecule is Cc1ccccc1CCC1CCCN(C(=O)c2cnccn2)C1. The van der Waals surface area contributed by atoms with E-state index in [4.69, 9.17) is 0 Å². The molecule has 0 radical (unpaired) electrons. The number of hydrogen-bond acceptors (Lipinski definition) is 3. The van der Waals surface area contributed by atoms with E-state index >= 15 is 0 Å². The molecule has 23 heavy (non-hydrogen) atoms. The van der Waals surface area contributed by atoms with Gasteiger partial charge in [0.2, 0.25) is 0 Å². The molecule has 1 unspecified atom stereocenters. The lowest BCUT2D eigenvalue weighted by atomic mass is 9.90. The highest BCUT2D eigenvalue weighted by Gasteiger charge is 2.25. The van der Waals surface area contributed by atoms with Gasteiger partial charge in [0, 0.05) is 25.5 Å². The lowest BCUT2D eigenvalue weighted by Gasteiger charge is -2.32. The van der Waals surface area contributed by atoms with Crippen LogP contribution in [-0.2, 0) is 6.42 Å². The summed E-state index contributed by atoms with van der Waals surface area (Å²) < 4.78 is 0. The monoisotopic (exact) mass is 309 g/mol. The minimum Gasteiger partial charge on any atom is -0.337 e. The second-order valence-corrected chi connectivity index (χ2v) is 6.32. The molecule has 0 bridgehead atoms. The second kappa shape index (κ2) is 7.36. The molecule has 3 rings (SSSR count). The van der Waals surface area contributed by atoms with Crippen LogP contribution in [0.15, 0.2) is 42.9 Å². The zero-order valence-electron chi connectivity index (χ0n) is 13.6. The Kier molecular flexibility index (Phi) is 5.01. The first-order valence-corrected chi connectivity index (χ1v) is 8.34. The van der Waals surface area contributed by atoms with Crippen LogP contribution in [0.5, 0.6) is 0 Å². The van der Waals surface area contributed by atoms with Crippen LogP contribution in [-0.4, -0.2) is 33.9 Å². The second-order valence-electron chi connectivity index (χ2n) is 6.32. The molecule has 1 atom stereocenters. The number of benzene rings is 1. The lowest BCUT2D eigenvalue weighted by Crippen LogP contribution is -2.40. The van der Waals surface area contributed by atoms with Crippen LogP contribution in [0.2, 0.25) is 0 Å². The van der Waals surface area contributed by atoms with Crippen molar-refractivity contribution in [2.75, 3.05) is 13.1 Å². The molecule has 1 amide bonds. The molecule has 1 aromatic carbocycles. The van der Waals surface area contributed by atoms with Crippen molar-refractivity contribution in [1.29, 1.82) is 0 Å². The molecule has 4 heteroatoms. The molecule has 0 saturated carbocycles. The fraction of sp³-hybridized carbons (Fsp3) is 0.421. The van der Waals surface area contributed by atoms with Gasteiger partial charge in [-0.1, -0.05) is 24.3 Å². The summed E-state index contributed by atoms with van der Waals surface area (Å²) in [7, 11) is 0. The predicted octanol–water partition coefficient (Wildman–Crippen LogP) is 3.27. The van der Waals surface area contributed by atoms with Crippen molar-refractivity contribution in [1.82, 2.24) is 14.9 Å². The fourth-order valence-corrected chi connectivity index (χ4v) is 3.31. The average Bonchev–Trinajstić information content (AvgIpc) is 2.61. The van der Waals surface area contributed by atoms with E-state index in [0.29, 0.717) is 11.6 Å². The number of likely N-dealkylation sites (tertiary alicyclic amines) is 1. The van der Waals surface area contributed by atoms with Crippen molar-refractivity contribution >= 4 is 5.91 Å². The van der Waals surface area contributed by atoms with Gasteiger partial charge in [-0.15, -0.1) is 0 Å². The third kappa shape index (κ3) is 3.95. The Bertz CT molecular complexity index is 657. The Balaban J connectivity index is 1.58. The summed E-state index contributed by atoms with van der Waals surface area (Å²) in [5.41, 5.74) is 3.23. The minimum absolute atomic E-state index is 0.0127. The fourth-order valence-electron chi connectivity index (χ4n) is 3.31. The third-order valence-electron chi connectivity index (χ3n) is 4.67. The van der Waals surface area contributed by atoms with Gasteiger partial charge in [-0.2, -0.15) is 0 Å². The van der Waals surface area contributed by atoms with Gasteiger partial charge in [0.05, 0.1) is 6.20 Å². The van der Waals surface area contributed by atoms with Gasteiger partial charge < -0.3 is 4.90 Å². The summed E-state index contributed by atoms with van der Waals surface area (Å²) in [6.07, 6.45) is 9.23. The maximum Gasteiger partial charge on any atom is 0.274 e. The van der Waals surface area contributed by atoms with Crippen molar-refractivity contribution < 1.29 is 4.79 Å². The largest absolute Gasteiger partial charge is 0.337 e. The predicted molar refractivity (Wildman–Crippen MR) is 90.2 cm³/mol. The maximum atomic E-state index is 12.5. The number of aromatic nitrogens is 2. The minimum atomic E-state index is 0.0127. The van der Waals surface area contributed by atoms with Crippen LogP contribution in [0.3, 0.4) is 0 Å². The van der Waals surface area contributed by atoms with Crippen LogP contribution in [0, 0.1) is 12.8 Å². The molecule has 0 spiro atoms. The van der Waals surface area contributed by atoms with Crippen LogP contribution in [0.1, 0.15) is 40.9 Å². The van der Waals surface area contributed by atoms with Crippen LogP contribution >= 0.6 is 0 Å². The smallest absolute Gasteiger partial charge is 0.274 e. The summed E-state index contributed by atoms with van der Waals surface area (Å²) in [5.74, 6) is 0.586. The molecule has 1 fully saturated rings. The van der Waals surface area contributed by atoms with E-state index in [1.54, 1.807) is 18.6 Å². The Labute approximate surface area is 137 Å². The van der Waals surface area contributed by atoms with Gasteiger partial charge in [0.25, 0.3) is 5.91 Å². The summed E-state index contributed by atoms with van der Waals surface area (Å²) in [5, 5.41) is 0. The highest BCUT2D eigenvalue weighted by Crippen LogP contribution is 2.23. The van der Waals surface area contributed by atoms with Gasteiger partial charge >= 0.3 is 0 Å². The molecule has 2 aromatic rings. The highest BCUT2D eigenvalue weighted by atomic mass is 16.2. The molecule has 4 nitrogen and oxygen atoms in total. The van der Waals surface area contributed by atoms with Crippen LogP contribution in [0.4, 0.5) is 0 Å². The van der Waals surface area contributed by atoms with Crippen molar-refractivity contribution in [2.24, 2.45) is 5.92 Å². The van der Waals surface area contributed by atoms with E-state index in [2.05, 4.69) is 41.2 Å². The third-order valence-corrected chi connectivity index (χ3v) is 4.67. The zero-order valence-corrected chi connectivity index (χ0v) is 13.6. The molecule has 2 heterocycles. The topological polar surface area (TPSA) is 46.1 Å². The number of carbonyl (C=O) groups is 1. The van der Waals surface area contributed by atoms with Crippen molar-refractivity contribution in [3.63, 3.8) is 0 Å². The Morgan fingerprint density at radius 2 is 2.17 bits per heavy atom. The summed E-state index contributed by atoms with van der Waals surface area (Å²) in [6.45, 7) is 3.83. The molecule has 120 valence electrons. The Morgan fingerprint density at radius 1 is 1.30 bits per heavy atom. The molecule has 1 aliphatic heterocycles. The molecule has 1 aliphatic rings. The quantitative estimate of drug-likeness (QED) is 0.871. The maximum absolute atomic E-state index is 12.5. The summed E-state index contributed by atoms with van der Waals surface area (Å²) >= 11 is 0. The Morgan fingerprint density at radius 3 is 2.96 bits per heavy atom. The van der Waals surface area contributed by atoms with E-state index < -0.39 is 0 Å². The molecular formula is C19H23N3O. The molecule has 0 N–H and O–H groups in total. The van der Waals surface area contributed by atoms with Crippen molar-refractivity contribution in [3.8, 4) is 0 Å². The average molecular weight is 309 g/mol. The normalized spacial score (nSPS) is 18.0. The standard InChI is InChI=1S/C19H23N3O/c1-15-5-2-3-7-17(15)9-8-16-6-4-12-22(14-16)19(23)18-13-20-10-11-21-18/h2-3,5,7,10-11,13,16H,4,6,8-9,12,14H2,1H3.